The lowest BCUT2D eigenvalue weighted by Gasteiger charge is -2.15. The molecule has 0 saturated heterocycles. The highest BCUT2D eigenvalue weighted by Gasteiger charge is 2.34. The average molecular weight is 442 g/mol. The van der Waals surface area contributed by atoms with Gasteiger partial charge < -0.3 is 4.74 Å². The SMILES string of the molecule is CCc1cccc(CC)c1-c1cccc(OCCCCCN2C(=O)c3ccccc3C2=O)c1. The highest BCUT2D eigenvalue weighted by Crippen LogP contribution is 2.31. The number of aryl methyl sites for hydroxylation is 2. The second-order valence-corrected chi connectivity index (χ2v) is 8.40. The van der Waals surface area contributed by atoms with E-state index >= 15 is 0 Å². The first-order valence-electron chi connectivity index (χ1n) is 11.9. The van der Waals surface area contributed by atoms with Crippen LogP contribution in [0, 0.1) is 0 Å². The molecule has 0 fully saturated rings. The molecular weight excluding hydrogens is 410 g/mol. The molecule has 1 heterocycles. The molecule has 0 unspecified atom stereocenters. The molecule has 3 aromatic carbocycles. The highest BCUT2D eigenvalue weighted by molar-refractivity contribution is 6.21. The number of amides is 2. The van der Waals surface area contributed by atoms with Crippen molar-refractivity contribution in [1.82, 2.24) is 4.90 Å². The summed E-state index contributed by atoms with van der Waals surface area (Å²) in [6, 6.07) is 21.9. The van der Waals surface area contributed by atoms with Gasteiger partial charge in [-0.3, -0.25) is 14.5 Å². The molecule has 0 N–H and O–H groups in total. The van der Waals surface area contributed by atoms with Gasteiger partial charge in [0.25, 0.3) is 11.8 Å². The molecule has 0 saturated carbocycles. The molecule has 0 bridgehead atoms. The smallest absolute Gasteiger partial charge is 0.261 e. The Hall–Kier alpha value is -3.40. The zero-order chi connectivity index (χ0) is 23.2. The minimum Gasteiger partial charge on any atom is -0.494 e. The number of ether oxygens (including phenoxy) is 1. The molecule has 170 valence electrons. The fraction of sp³-hybridized carbons (Fsp3) is 0.310. The van der Waals surface area contributed by atoms with E-state index in [1.165, 1.54) is 27.2 Å². The van der Waals surface area contributed by atoms with Gasteiger partial charge in [0.15, 0.2) is 0 Å². The lowest BCUT2D eigenvalue weighted by molar-refractivity contribution is 0.0651. The Kier molecular flexibility index (Phi) is 7.23. The first-order chi connectivity index (χ1) is 16.1. The van der Waals surface area contributed by atoms with Crippen molar-refractivity contribution < 1.29 is 14.3 Å². The minimum absolute atomic E-state index is 0.178. The van der Waals surface area contributed by atoms with Gasteiger partial charge in [-0.15, -0.1) is 0 Å². The van der Waals surface area contributed by atoms with Crippen molar-refractivity contribution >= 4 is 11.8 Å². The second-order valence-electron chi connectivity index (χ2n) is 8.40. The second kappa shape index (κ2) is 10.5. The van der Waals surface area contributed by atoms with Crippen molar-refractivity contribution in [2.75, 3.05) is 13.2 Å². The van der Waals surface area contributed by atoms with E-state index in [0.29, 0.717) is 24.3 Å². The number of imide groups is 1. The third kappa shape index (κ3) is 4.85. The number of hydrogen-bond donors (Lipinski definition) is 0. The molecule has 4 heteroatoms. The lowest BCUT2D eigenvalue weighted by Crippen LogP contribution is -2.30. The van der Waals surface area contributed by atoms with Crippen LogP contribution in [0.5, 0.6) is 5.75 Å². The monoisotopic (exact) mass is 441 g/mol. The van der Waals surface area contributed by atoms with Crippen LogP contribution in [0.25, 0.3) is 11.1 Å². The minimum atomic E-state index is -0.178. The molecule has 1 aliphatic heterocycles. The van der Waals surface area contributed by atoms with Crippen molar-refractivity contribution in [3.05, 3.63) is 89.0 Å². The third-order valence-corrected chi connectivity index (χ3v) is 6.29. The summed E-state index contributed by atoms with van der Waals surface area (Å²) in [7, 11) is 0. The van der Waals surface area contributed by atoms with Crippen molar-refractivity contribution in [3.63, 3.8) is 0 Å². The average Bonchev–Trinajstić information content (AvgIpc) is 3.10. The molecular formula is C29H31NO3. The maximum atomic E-state index is 12.4. The number of carbonyl (C=O) groups excluding carboxylic acids is 2. The zero-order valence-corrected chi connectivity index (χ0v) is 19.5. The molecule has 4 nitrogen and oxygen atoms in total. The van der Waals surface area contributed by atoms with Gasteiger partial charge in [0.05, 0.1) is 17.7 Å². The normalized spacial score (nSPS) is 12.8. The molecule has 0 spiro atoms. The quantitative estimate of drug-likeness (QED) is 0.273. The summed E-state index contributed by atoms with van der Waals surface area (Å²) in [4.78, 5) is 26.2. The van der Waals surface area contributed by atoms with Crippen LogP contribution in [0.4, 0.5) is 0 Å². The number of benzene rings is 3. The maximum Gasteiger partial charge on any atom is 0.261 e. The molecule has 0 radical (unpaired) electrons. The Balaban J connectivity index is 1.28. The lowest BCUT2D eigenvalue weighted by atomic mass is 9.92. The molecule has 33 heavy (non-hydrogen) atoms. The van der Waals surface area contributed by atoms with E-state index in [2.05, 4.69) is 50.2 Å². The fourth-order valence-electron chi connectivity index (χ4n) is 4.54. The van der Waals surface area contributed by atoms with Crippen LogP contribution in [0.1, 0.15) is 65.0 Å². The van der Waals surface area contributed by atoms with Crippen molar-refractivity contribution in [2.45, 2.75) is 46.0 Å². The van der Waals surface area contributed by atoms with E-state index in [1.807, 2.05) is 6.07 Å². The van der Waals surface area contributed by atoms with Crippen LogP contribution in [0.15, 0.2) is 66.7 Å². The Bertz CT molecular complexity index is 1090. The van der Waals surface area contributed by atoms with Gasteiger partial charge in [-0.25, -0.2) is 0 Å². The van der Waals surface area contributed by atoms with E-state index in [9.17, 15) is 9.59 Å². The number of nitrogens with zero attached hydrogens (tertiary/aromatic N) is 1. The van der Waals surface area contributed by atoms with Gasteiger partial charge in [-0.05, 0) is 78.6 Å². The Morgan fingerprint density at radius 3 is 2.00 bits per heavy atom. The Morgan fingerprint density at radius 2 is 1.36 bits per heavy atom. The van der Waals surface area contributed by atoms with Crippen LogP contribution < -0.4 is 4.74 Å². The highest BCUT2D eigenvalue weighted by atomic mass is 16.5. The zero-order valence-electron chi connectivity index (χ0n) is 19.5. The first kappa shape index (κ1) is 22.8. The van der Waals surface area contributed by atoms with Crippen LogP contribution >= 0.6 is 0 Å². The standard InChI is InChI=1S/C29H31NO3/c1-3-21-12-10-13-22(4-2)27(21)23-14-11-15-24(20-23)33-19-9-5-8-18-30-28(31)25-16-6-7-17-26(25)29(30)32/h6-7,10-17,20H,3-5,8-9,18-19H2,1-2H3. The van der Waals surface area contributed by atoms with Crippen LogP contribution in [0.2, 0.25) is 0 Å². The van der Waals surface area contributed by atoms with E-state index in [0.717, 1.165) is 37.9 Å². The van der Waals surface area contributed by atoms with E-state index in [4.69, 9.17) is 4.74 Å². The van der Waals surface area contributed by atoms with Crippen LogP contribution in [0.3, 0.4) is 0 Å². The predicted molar refractivity (Wildman–Crippen MR) is 132 cm³/mol. The summed E-state index contributed by atoms with van der Waals surface area (Å²) in [5.41, 5.74) is 6.28. The van der Waals surface area contributed by atoms with E-state index < -0.39 is 0 Å². The topological polar surface area (TPSA) is 46.6 Å². The summed E-state index contributed by atoms with van der Waals surface area (Å²) in [5.74, 6) is 0.519. The number of unbranched alkanes of at least 4 members (excludes halogenated alkanes) is 2. The molecule has 0 aliphatic carbocycles. The Morgan fingerprint density at radius 1 is 0.727 bits per heavy atom. The van der Waals surface area contributed by atoms with Crippen molar-refractivity contribution in [1.29, 1.82) is 0 Å². The number of fused-ring (bicyclic) bond motifs is 1. The Labute approximate surface area is 196 Å². The summed E-state index contributed by atoms with van der Waals surface area (Å²) in [6.07, 6.45) is 4.55. The predicted octanol–water partition coefficient (Wildman–Crippen LogP) is 6.32. The van der Waals surface area contributed by atoms with Crippen molar-refractivity contribution in [3.8, 4) is 16.9 Å². The van der Waals surface area contributed by atoms with Crippen LogP contribution in [-0.2, 0) is 12.8 Å². The molecule has 1 aliphatic rings. The van der Waals surface area contributed by atoms with E-state index in [-0.39, 0.29) is 11.8 Å². The number of rotatable bonds is 10. The van der Waals surface area contributed by atoms with Crippen LogP contribution in [-0.4, -0.2) is 29.9 Å². The van der Waals surface area contributed by atoms with Gasteiger partial charge in [0.1, 0.15) is 5.75 Å². The molecule has 0 atom stereocenters. The third-order valence-electron chi connectivity index (χ3n) is 6.29. The molecule has 0 aromatic heterocycles. The number of carbonyl (C=O) groups is 2. The van der Waals surface area contributed by atoms with Crippen molar-refractivity contribution in [2.24, 2.45) is 0 Å². The van der Waals surface area contributed by atoms with Gasteiger partial charge in [-0.1, -0.05) is 56.3 Å². The van der Waals surface area contributed by atoms with Gasteiger partial charge in [0, 0.05) is 6.54 Å². The van der Waals surface area contributed by atoms with Gasteiger partial charge >= 0.3 is 0 Å². The molecule has 3 aromatic rings. The summed E-state index contributed by atoms with van der Waals surface area (Å²) >= 11 is 0. The van der Waals surface area contributed by atoms with Gasteiger partial charge in [0.2, 0.25) is 0 Å². The molecule has 2 amide bonds. The largest absolute Gasteiger partial charge is 0.494 e. The molecule has 4 rings (SSSR count). The number of hydrogen-bond acceptors (Lipinski definition) is 3. The summed E-state index contributed by atoms with van der Waals surface area (Å²) < 4.78 is 6.03. The van der Waals surface area contributed by atoms with Gasteiger partial charge in [-0.2, -0.15) is 0 Å². The maximum absolute atomic E-state index is 12.4. The summed E-state index contributed by atoms with van der Waals surface area (Å²) in [6.45, 7) is 5.46. The fourth-order valence-corrected chi connectivity index (χ4v) is 4.54. The van der Waals surface area contributed by atoms with E-state index in [1.54, 1.807) is 24.3 Å². The summed E-state index contributed by atoms with van der Waals surface area (Å²) in [5, 5.41) is 0. The first-order valence-corrected chi connectivity index (χ1v) is 11.9.